The van der Waals surface area contributed by atoms with E-state index in [1.807, 2.05) is 42.3 Å². The largest absolute Gasteiger partial charge is 0.465 e. The minimum atomic E-state index is -0.191. The Labute approximate surface area is 142 Å². The number of hydrogen-bond donors (Lipinski definition) is 0. The molecule has 4 heterocycles. The zero-order valence-electron chi connectivity index (χ0n) is 14.1. The second-order valence-electron chi connectivity index (χ2n) is 7.09. The van der Waals surface area contributed by atoms with Gasteiger partial charge in [0, 0.05) is 32.0 Å². The summed E-state index contributed by atoms with van der Waals surface area (Å²) < 4.78 is 5.68. The smallest absolute Gasteiger partial charge is 0.230 e. The highest BCUT2D eigenvalue weighted by atomic mass is 16.3. The average Bonchev–Trinajstić information content (AvgIpc) is 3.26. The molecule has 0 aliphatic carbocycles. The van der Waals surface area contributed by atoms with Gasteiger partial charge in [-0.2, -0.15) is 0 Å². The first-order valence-electron chi connectivity index (χ1n) is 8.61. The summed E-state index contributed by atoms with van der Waals surface area (Å²) in [4.78, 5) is 21.5. The molecule has 4 rings (SSSR count). The maximum absolute atomic E-state index is 13.0. The molecule has 2 saturated heterocycles. The molecule has 5 heteroatoms. The molecule has 0 saturated carbocycles. The van der Waals surface area contributed by atoms with Crippen molar-refractivity contribution in [3.8, 4) is 0 Å². The number of rotatable bonds is 4. The molecule has 0 N–H and O–H groups in total. The van der Waals surface area contributed by atoms with Gasteiger partial charge in [-0.3, -0.25) is 14.7 Å². The first-order valence-corrected chi connectivity index (χ1v) is 8.61. The van der Waals surface area contributed by atoms with Crippen LogP contribution in [0.3, 0.4) is 0 Å². The molecule has 1 atom stereocenters. The quantitative estimate of drug-likeness (QED) is 0.867. The summed E-state index contributed by atoms with van der Waals surface area (Å²) in [6.45, 7) is 6.09. The summed E-state index contributed by atoms with van der Waals surface area (Å²) in [5, 5.41) is 0. The molecule has 2 aromatic heterocycles. The van der Waals surface area contributed by atoms with Crippen LogP contribution in [0, 0.1) is 12.3 Å². The molecular formula is C19H23N3O2. The van der Waals surface area contributed by atoms with Crippen LogP contribution in [-0.4, -0.2) is 40.3 Å². The third-order valence-corrected chi connectivity index (χ3v) is 5.31. The van der Waals surface area contributed by atoms with E-state index in [4.69, 9.17) is 4.42 Å². The maximum atomic E-state index is 13.0. The van der Waals surface area contributed by atoms with Crippen molar-refractivity contribution < 1.29 is 9.21 Å². The lowest BCUT2D eigenvalue weighted by Crippen LogP contribution is -2.36. The van der Waals surface area contributed by atoms with E-state index in [-0.39, 0.29) is 5.41 Å². The minimum Gasteiger partial charge on any atom is -0.465 e. The molecule has 1 unspecified atom stereocenters. The Balaban J connectivity index is 1.40. The number of amides is 1. The Morgan fingerprint density at radius 3 is 2.83 bits per heavy atom. The number of likely N-dealkylation sites (tertiary alicyclic amines) is 2. The van der Waals surface area contributed by atoms with Gasteiger partial charge in [0.15, 0.2) is 0 Å². The van der Waals surface area contributed by atoms with Crippen molar-refractivity contribution in [3.63, 3.8) is 0 Å². The van der Waals surface area contributed by atoms with E-state index in [9.17, 15) is 4.79 Å². The van der Waals surface area contributed by atoms with Gasteiger partial charge in [-0.1, -0.05) is 6.07 Å². The monoisotopic (exact) mass is 325 g/mol. The maximum Gasteiger partial charge on any atom is 0.230 e. The van der Waals surface area contributed by atoms with Crippen LogP contribution in [0.25, 0.3) is 0 Å². The predicted molar refractivity (Wildman–Crippen MR) is 90.0 cm³/mol. The Morgan fingerprint density at radius 2 is 2.08 bits per heavy atom. The standard InChI is InChI=1S/C19H23N3O2/c1-15-4-5-17(24-15)13-21-9-6-19(14-21)7-10-22(18(19)23)12-16-3-2-8-20-11-16/h2-5,8,11H,6-7,9-10,12-14H2,1H3. The van der Waals surface area contributed by atoms with Gasteiger partial charge < -0.3 is 9.32 Å². The van der Waals surface area contributed by atoms with Crippen LogP contribution < -0.4 is 0 Å². The lowest BCUT2D eigenvalue weighted by Gasteiger charge is -2.23. The van der Waals surface area contributed by atoms with Crippen molar-refractivity contribution in [2.24, 2.45) is 5.41 Å². The highest BCUT2D eigenvalue weighted by Gasteiger charge is 2.50. The molecule has 1 spiro atoms. The Morgan fingerprint density at radius 1 is 1.21 bits per heavy atom. The van der Waals surface area contributed by atoms with Gasteiger partial charge in [0.25, 0.3) is 0 Å². The molecule has 2 aromatic rings. The van der Waals surface area contributed by atoms with Crippen molar-refractivity contribution in [2.75, 3.05) is 19.6 Å². The molecular weight excluding hydrogens is 302 g/mol. The SMILES string of the molecule is Cc1ccc(CN2CCC3(CCN(Cc4cccnc4)C3=O)C2)o1. The molecule has 2 fully saturated rings. The Bertz CT molecular complexity index is 727. The molecule has 1 amide bonds. The van der Waals surface area contributed by atoms with Crippen LogP contribution in [0.1, 0.15) is 29.9 Å². The van der Waals surface area contributed by atoms with Crippen LogP contribution in [0.4, 0.5) is 0 Å². The summed E-state index contributed by atoms with van der Waals surface area (Å²) in [6.07, 6.45) is 5.52. The van der Waals surface area contributed by atoms with Crippen LogP contribution >= 0.6 is 0 Å². The number of aryl methyl sites for hydroxylation is 1. The van der Waals surface area contributed by atoms with Gasteiger partial charge in [-0.25, -0.2) is 0 Å². The van der Waals surface area contributed by atoms with Crippen LogP contribution in [-0.2, 0) is 17.9 Å². The lowest BCUT2D eigenvalue weighted by molar-refractivity contribution is -0.136. The van der Waals surface area contributed by atoms with Crippen molar-refractivity contribution in [3.05, 3.63) is 53.7 Å². The number of carbonyl (C=O) groups excluding carboxylic acids is 1. The summed E-state index contributed by atoms with van der Waals surface area (Å²) in [6, 6.07) is 7.99. The van der Waals surface area contributed by atoms with E-state index in [1.165, 1.54) is 0 Å². The van der Waals surface area contributed by atoms with E-state index in [2.05, 4.69) is 9.88 Å². The zero-order chi connectivity index (χ0) is 16.6. The highest BCUT2D eigenvalue weighted by molar-refractivity contribution is 5.85. The number of nitrogens with zero attached hydrogens (tertiary/aromatic N) is 3. The first-order chi connectivity index (χ1) is 11.6. The van der Waals surface area contributed by atoms with Crippen molar-refractivity contribution >= 4 is 5.91 Å². The van der Waals surface area contributed by atoms with Gasteiger partial charge >= 0.3 is 0 Å². The van der Waals surface area contributed by atoms with Gasteiger partial charge in [-0.15, -0.1) is 0 Å². The summed E-state index contributed by atoms with van der Waals surface area (Å²) >= 11 is 0. The minimum absolute atomic E-state index is 0.191. The third kappa shape index (κ3) is 2.84. The van der Waals surface area contributed by atoms with Gasteiger partial charge in [0.2, 0.25) is 5.91 Å². The van der Waals surface area contributed by atoms with Gasteiger partial charge in [0.05, 0.1) is 12.0 Å². The molecule has 0 radical (unpaired) electrons. The number of aromatic nitrogens is 1. The van der Waals surface area contributed by atoms with Crippen LogP contribution in [0.2, 0.25) is 0 Å². The zero-order valence-corrected chi connectivity index (χ0v) is 14.1. The van der Waals surface area contributed by atoms with Crippen LogP contribution in [0.15, 0.2) is 41.1 Å². The number of furan rings is 1. The highest BCUT2D eigenvalue weighted by Crippen LogP contribution is 2.41. The van der Waals surface area contributed by atoms with E-state index >= 15 is 0 Å². The van der Waals surface area contributed by atoms with E-state index in [1.54, 1.807) is 6.20 Å². The first kappa shape index (κ1) is 15.4. The topological polar surface area (TPSA) is 49.6 Å². The molecule has 0 bridgehead atoms. The summed E-state index contributed by atoms with van der Waals surface area (Å²) in [7, 11) is 0. The molecule has 2 aliphatic heterocycles. The summed E-state index contributed by atoms with van der Waals surface area (Å²) in [5.74, 6) is 2.24. The Kier molecular flexibility index (Phi) is 3.88. The van der Waals surface area contributed by atoms with E-state index in [0.717, 1.165) is 56.1 Å². The molecule has 2 aliphatic rings. The second kappa shape index (κ2) is 6.06. The van der Waals surface area contributed by atoms with Crippen molar-refractivity contribution in [1.82, 2.24) is 14.8 Å². The molecule has 5 nitrogen and oxygen atoms in total. The number of hydrogen-bond acceptors (Lipinski definition) is 4. The number of carbonyl (C=O) groups is 1. The van der Waals surface area contributed by atoms with Gasteiger partial charge in [0.1, 0.15) is 11.5 Å². The van der Waals surface area contributed by atoms with Crippen molar-refractivity contribution in [2.45, 2.75) is 32.9 Å². The fraction of sp³-hybridized carbons (Fsp3) is 0.474. The molecule has 0 aromatic carbocycles. The van der Waals surface area contributed by atoms with E-state index < -0.39 is 0 Å². The van der Waals surface area contributed by atoms with Crippen molar-refractivity contribution in [1.29, 1.82) is 0 Å². The summed E-state index contributed by atoms with van der Waals surface area (Å²) in [5.41, 5.74) is 0.910. The third-order valence-electron chi connectivity index (χ3n) is 5.31. The predicted octanol–water partition coefficient (Wildman–Crippen LogP) is 2.61. The lowest BCUT2D eigenvalue weighted by atomic mass is 9.85. The fourth-order valence-corrected chi connectivity index (χ4v) is 4.02. The van der Waals surface area contributed by atoms with Crippen LogP contribution in [0.5, 0.6) is 0 Å². The average molecular weight is 325 g/mol. The normalized spacial score (nSPS) is 24.4. The van der Waals surface area contributed by atoms with Gasteiger partial charge in [-0.05, 0) is 50.1 Å². The number of pyridine rings is 1. The fourth-order valence-electron chi connectivity index (χ4n) is 4.02. The molecule has 24 heavy (non-hydrogen) atoms. The second-order valence-corrected chi connectivity index (χ2v) is 7.09. The molecule has 126 valence electrons. The van der Waals surface area contributed by atoms with E-state index in [0.29, 0.717) is 12.5 Å². The Hall–Kier alpha value is -2.14.